The second-order valence-corrected chi connectivity index (χ2v) is 5.16. The zero-order valence-corrected chi connectivity index (χ0v) is 11.7. The smallest absolute Gasteiger partial charge is 0.0498 e. The molecule has 1 aromatic carbocycles. The van der Waals surface area contributed by atoms with E-state index < -0.39 is 0 Å². The maximum absolute atomic E-state index is 3.69. The topological polar surface area (TPSA) is 27.8 Å². The molecule has 86 valence electrons. The molecule has 2 rings (SSSR count). The van der Waals surface area contributed by atoms with E-state index in [0.29, 0.717) is 6.04 Å². The predicted molar refractivity (Wildman–Crippen MR) is 72.9 cm³/mol. The van der Waals surface area contributed by atoms with Crippen LogP contribution in [0.2, 0.25) is 0 Å². The van der Waals surface area contributed by atoms with Crippen molar-refractivity contribution in [2.75, 3.05) is 7.05 Å². The van der Waals surface area contributed by atoms with Crippen LogP contribution in [0.25, 0.3) is 10.9 Å². The third kappa shape index (κ3) is 1.78. The summed E-state index contributed by atoms with van der Waals surface area (Å²) in [5, 5.41) is 4.53. The zero-order chi connectivity index (χ0) is 11.9. The molecule has 2 N–H and O–H groups in total. The third-order valence-corrected chi connectivity index (χ3v) is 3.93. The fourth-order valence-corrected chi connectivity index (χ4v) is 2.84. The van der Waals surface area contributed by atoms with Crippen LogP contribution in [0.4, 0.5) is 0 Å². The Morgan fingerprint density at radius 1 is 1.31 bits per heavy atom. The first-order chi connectivity index (χ1) is 7.54. The fourth-order valence-electron chi connectivity index (χ4n) is 2.08. The Hall–Kier alpha value is -0.800. The minimum atomic E-state index is 0.321. The molecule has 1 heterocycles. The molecule has 16 heavy (non-hydrogen) atoms. The second-order valence-electron chi connectivity index (χ2n) is 4.37. The Balaban J connectivity index is 2.72. The maximum atomic E-state index is 3.69. The van der Waals surface area contributed by atoms with Gasteiger partial charge < -0.3 is 10.3 Å². The van der Waals surface area contributed by atoms with Crippen molar-refractivity contribution in [3.8, 4) is 0 Å². The van der Waals surface area contributed by atoms with E-state index in [9.17, 15) is 0 Å². The summed E-state index contributed by atoms with van der Waals surface area (Å²) in [6.45, 7) is 6.43. The van der Waals surface area contributed by atoms with Crippen molar-refractivity contribution in [3.05, 3.63) is 33.4 Å². The molecular formula is C13H17BrN2. The van der Waals surface area contributed by atoms with Gasteiger partial charge in [-0.2, -0.15) is 0 Å². The van der Waals surface area contributed by atoms with Gasteiger partial charge in [0, 0.05) is 27.1 Å². The number of H-pyrrole nitrogens is 1. The van der Waals surface area contributed by atoms with Crippen LogP contribution in [0.1, 0.15) is 29.8 Å². The molecule has 3 heteroatoms. The summed E-state index contributed by atoms with van der Waals surface area (Å²) in [5.41, 5.74) is 5.04. The first-order valence-corrected chi connectivity index (χ1v) is 6.29. The van der Waals surface area contributed by atoms with Crippen molar-refractivity contribution < 1.29 is 0 Å². The van der Waals surface area contributed by atoms with Gasteiger partial charge >= 0.3 is 0 Å². The first-order valence-electron chi connectivity index (χ1n) is 5.50. The molecule has 0 amide bonds. The van der Waals surface area contributed by atoms with Gasteiger partial charge in [-0.25, -0.2) is 0 Å². The monoisotopic (exact) mass is 280 g/mol. The van der Waals surface area contributed by atoms with Gasteiger partial charge in [0.25, 0.3) is 0 Å². The molecule has 1 atom stereocenters. The second kappa shape index (κ2) is 4.22. The third-order valence-electron chi connectivity index (χ3n) is 3.08. The van der Waals surface area contributed by atoms with Gasteiger partial charge in [0.2, 0.25) is 0 Å². The Labute approximate surface area is 105 Å². The Morgan fingerprint density at radius 2 is 2.00 bits per heavy atom. The van der Waals surface area contributed by atoms with Crippen LogP contribution in [-0.4, -0.2) is 12.0 Å². The lowest BCUT2D eigenvalue weighted by Crippen LogP contribution is -2.12. The molecule has 0 radical (unpaired) electrons. The minimum absolute atomic E-state index is 0.321. The van der Waals surface area contributed by atoms with Crippen LogP contribution in [0.3, 0.4) is 0 Å². The summed E-state index contributed by atoms with van der Waals surface area (Å²) in [4.78, 5) is 3.50. The van der Waals surface area contributed by atoms with E-state index in [2.05, 4.69) is 59.1 Å². The molecule has 0 fully saturated rings. The van der Waals surface area contributed by atoms with Crippen molar-refractivity contribution >= 4 is 26.8 Å². The lowest BCUT2D eigenvalue weighted by atomic mass is 10.1. The number of aromatic nitrogens is 1. The Bertz CT molecular complexity index is 528. The van der Waals surface area contributed by atoms with Gasteiger partial charge in [0.1, 0.15) is 0 Å². The molecule has 2 aromatic rings. The van der Waals surface area contributed by atoms with Gasteiger partial charge in [-0.3, -0.25) is 0 Å². The number of fused-ring (bicyclic) bond motifs is 1. The highest BCUT2D eigenvalue weighted by atomic mass is 79.9. The van der Waals surface area contributed by atoms with Crippen LogP contribution in [-0.2, 0) is 0 Å². The van der Waals surface area contributed by atoms with Crippen LogP contribution in [0.5, 0.6) is 0 Å². The van der Waals surface area contributed by atoms with E-state index in [1.807, 2.05) is 7.05 Å². The molecule has 1 unspecified atom stereocenters. The molecule has 1 aromatic heterocycles. The molecule has 2 nitrogen and oxygen atoms in total. The van der Waals surface area contributed by atoms with E-state index in [-0.39, 0.29) is 0 Å². The van der Waals surface area contributed by atoms with E-state index in [0.717, 1.165) is 0 Å². The van der Waals surface area contributed by atoms with Crippen molar-refractivity contribution in [2.24, 2.45) is 0 Å². The van der Waals surface area contributed by atoms with Crippen LogP contribution in [0.15, 0.2) is 16.6 Å². The summed E-state index contributed by atoms with van der Waals surface area (Å²) in [6.07, 6.45) is 0. The predicted octanol–water partition coefficient (Wildman–Crippen LogP) is 3.83. The Kier molecular flexibility index (Phi) is 3.08. The van der Waals surface area contributed by atoms with Crippen molar-refractivity contribution in [1.29, 1.82) is 0 Å². The van der Waals surface area contributed by atoms with E-state index in [1.54, 1.807) is 0 Å². The summed E-state index contributed by atoms with van der Waals surface area (Å²) in [7, 11) is 1.97. The number of aromatic amines is 1. The molecule has 0 saturated heterocycles. The molecule has 0 bridgehead atoms. The molecular weight excluding hydrogens is 264 g/mol. The van der Waals surface area contributed by atoms with Gasteiger partial charge in [-0.1, -0.05) is 11.6 Å². The van der Waals surface area contributed by atoms with E-state index >= 15 is 0 Å². The molecule has 0 aliphatic carbocycles. The number of rotatable bonds is 2. The highest BCUT2D eigenvalue weighted by molar-refractivity contribution is 9.10. The van der Waals surface area contributed by atoms with Gasteiger partial charge in [-0.15, -0.1) is 0 Å². The summed E-state index contributed by atoms with van der Waals surface area (Å²) >= 11 is 3.69. The van der Waals surface area contributed by atoms with Crippen LogP contribution < -0.4 is 5.32 Å². The molecule has 0 saturated carbocycles. The lowest BCUT2D eigenvalue weighted by Gasteiger charge is -2.08. The zero-order valence-electron chi connectivity index (χ0n) is 10.1. The van der Waals surface area contributed by atoms with Crippen molar-refractivity contribution in [3.63, 3.8) is 0 Å². The van der Waals surface area contributed by atoms with Gasteiger partial charge in [0.05, 0.1) is 0 Å². The van der Waals surface area contributed by atoms with Crippen LogP contribution >= 0.6 is 15.9 Å². The number of hydrogen-bond donors (Lipinski definition) is 2. The normalized spacial score (nSPS) is 13.3. The average molecular weight is 281 g/mol. The standard InChI is InChI=1S/C13H17BrN2/c1-7-5-8(2)12-10(6-7)11(14)13(16-12)9(3)15-4/h5-6,9,15-16H,1-4H3. The van der Waals surface area contributed by atoms with Crippen molar-refractivity contribution in [2.45, 2.75) is 26.8 Å². The number of nitrogens with one attached hydrogen (secondary N) is 2. The summed E-state index contributed by atoms with van der Waals surface area (Å²) < 4.78 is 1.18. The first kappa shape index (κ1) is 11.7. The summed E-state index contributed by atoms with van der Waals surface area (Å²) in [5.74, 6) is 0. The Morgan fingerprint density at radius 3 is 2.62 bits per heavy atom. The molecule has 0 aliphatic heterocycles. The van der Waals surface area contributed by atoms with Crippen molar-refractivity contribution in [1.82, 2.24) is 10.3 Å². The van der Waals surface area contributed by atoms with Crippen LogP contribution in [0, 0.1) is 13.8 Å². The lowest BCUT2D eigenvalue weighted by molar-refractivity contribution is 0.635. The van der Waals surface area contributed by atoms with E-state index in [4.69, 9.17) is 0 Å². The molecule has 0 aliphatic rings. The van der Waals surface area contributed by atoms with Gasteiger partial charge in [0.15, 0.2) is 0 Å². The SMILES string of the molecule is CNC(C)c1[nH]c2c(C)cc(C)cc2c1Br. The van der Waals surface area contributed by atoms with Gasteiger partial charge in [-0.05, 0) is 55.4 Å². The highest BCUT2D eigenvalue weighted by Gasteiger charge is 2.14. The average Bonchev–Trinajstić information content (AvgIpc) is 2.56. The number of aryl methyl sites for hydroxylation is 2. The minimum Gasteiger partial charge on any atom is -0.356 e. The largest absolute Gasteiger partial charge is 0.356 e. The fraction of sp³-hybridized carbons (Fsp3) is 0.385. The maximum Gasteiger partial charge on any atom is 0.0498 e. The number of halogens is 1. The molecule has 0 spiro atoms. The van der Waals surface area contributed by atoms with E-state index in [1.165, 1.54) is 32.2 Å². The number of benzene rings is 1. The highest BCUT2D eigenvalue weighted by Crippen LogP contribution is 2.33. The quantitative estimate of drug-likeness (QED) is 0.860. The summed E-state index contributed by atoms with van der Waals surface area (Å²) in [6, 6.07) is 4.75. The number of hydrogen-bond acceptors (Lipinski definition) is 1.